The molecule has 0 fully saturated rings. The summed E-state index contributed by atoms with van der Waals surface area (Å²) in [4.78, 5) is 18.8. The molecule has 6 nitrogen and oxygen atoms in total. The number of aromatic hydroxyl groups is 1. The molecule has 0 amide bonds. The maximum absolute atomic E-state index is 12.0. The van der Waals surface area contributed by atoms with Crippen molar-refractivity contribution in [3.63, 3.8) is 0 Å². The summed E-state index contributed by atoms with van der Waals surface area (Å²) in [6.07, 6.45) is 1.24. The molecule has 0 radical (unpaired) electrons. The van der Waals surface area contributed by atoms with Gasteiger partial charge in [-0.15, -0.1) is 0 Å². The first-order valence-corrected chi connectivity index (χ1v) is 6.64. The second-order valence-corrected chi connectivity index (χ2v) is 4.57. The van der Waals surface area contributed by atoms with Gasteiger partial charge in [-0.05, 0) is 18.6 Å². The molecule has 0 bridgehead atoms. The van der Waals surface area contributed by atoms with Crippen LogP contribution in [0.5, 0.6) is 17.4 Å². The first kappa shape index (κ1) is 14.9. The molecule has 0 unspecified atom stereocenters. The number of nitrogens with one attached hydrogen (secondary N) is 1. The third kappa shape index (κ3) is 3.16. The van der Waals surface area contributed by atoms with Crippen molar-refractivity contribution < 1.29 is 14.6 Å². The number of aromatic nitrogens is 2. The molecule has 0 spiro atoms. The number of benzene rings is 1. The largest absolute Gasteiger partial charge is 0.497 e. The van der Waals surface area contributed by atoms with E-state index < -0.39 is 0 Å². The van der Waals surface area contributed by atoms with Crippen molar-refractivity contribution in [3.8, 4) is 28.8 Å². The predicted molar refractivity (Wildman–Crippen MR) is 79.1 cm³/mol. The van der Waals surface area contributed by atoms with E-state index in [0.717, 1.165) is 6.42 Å². The Labute approximate surface area is 122 Å². The normalized spacial score (nSPS) is 10.4. The number of hydrogen-bond donors (Lipinski definition) is 2. The fourth-order valence-corrected chi connectivity index (χ4v) is 2.04. The first-order chi connectivity index (χ1) is 10.1. The fraction of sp³-hybridized carbons (Fsp3) is 0.333. The Kier molecular flexibility index (Phi) is 4.47. The Hall–Kier alpha value is -2.50. The summed E-state index contributed by atoms with van der Waals surface area (Å²) in [5, 5.41) is 9.92. The lowest BCUT2D eigenvalue weighted by Gasteiger charge is -2.09. The number of hydrogen-bond acceptors (Lipinski definition) is 5. The Morgan fingerprint density at radius 2 is 1.81 bits per heavy atom. The summed E-state index contributed by atoms with van der Waals surface area (Å²) in [6.45, 7) is 1.93. The Morgan fingerprint density at radius 3 is 2.29 bits per heavy atom. The third-order valence-electron chi connectivity index (χ3n) is 3.12. The number of aromatic amines is 1. The van der Waals surface area contributed by atoms with Gasteiger partial charge in [0.1, 0.15) is 17.3 Å². The van der Waals surface area contributed by atoms with E-state index in [-0.39, 0.29) is 17.3 Å². The minimum atomic E-state index is -0.332. The summed E-state index contributed by atoms with van der Waals surface area (Å²) >= 11 is 0. The molecule has 0 saturated heterocycles. The highest BCUT2D eigenvalue weighted by Crippen LogP contribution is 2.28. The molecule has 1 aromatic carbocycles. The fourth-order valence-electron chi connectivity index (χ4n) is 2.04. The maximum atomic E-state index is 12.0. The zero-order chi connectivity index (χ0) is 15.4. The van der Waals surface area contributed by atoms with Crippen LogP contribution < -0.4 is 15.0 Å². The molecular formula is C15H18N2O4. The van der Waals surface area contributed by atoms with Crippen LogP contribution >= 0.6 is 0 Å². The van der Waals surface area contributed by atoms with Crippen molar-refractivity contribution in [2.75, 3.05) is 14.2 Å². The van der Waals surface area contributed by atoms with Gasteiger partial charge in [-0.1, -0.05) is 13.3 Å². The molecule has 1 heterocycles. The van der Waals surface area contributed by atoms with Crippen LogP contribution in [0.25, 0.3) is 11.4 Å². The summed E-state index contributed by atoms with van der Waals surface area (Å²) in [7, 11) is 3.08. The van der Waals surface area contributed by atoms with Crippen LogP contribution in [0.15, 0.2) is 23.0 Å². The van der Waals surface area contributed by atoms with E-state index in [4.69, 9.17) is 9.47 Å². The number of nitrogens with zero attached hydrogens (tertiary/aromatic N) is 1. The van der Waals surface area contributed by atoms with E-state index in [1.54, 1.807) is 18.2 Å². The molecule has 0 aliphatic rings. The van der Waals surface area contributed by atoms with E-state index in [2.05, 4.69) is 9.97 Å². The summed E-state index contributed by atoms with van der Waals surface area (Å²) in [5.41, 5.74) is 0.568. The average molecular weight is 290 g/mol. The predicted octanol–water partition coefficient (Wildman–Crippen LogP) is 2.11. The maximum Gasteiger partial charge on any atom is 0.258 e. The molecule has 2 aromatic rings. The molecule has 0 saturated carbocycles. The van der Waals surface area contributed by atoms with Gasteiger partial charge in [0.25, 0.3) is 5.56 Å². The van der Waals surface area contributed by atoms with Crippen molar-refractivity contribution in [3.05, 3.63) is 34.1 Å². The van der Waals surface area contributed by atoms with Crippen molar-refractivity contribution in [1.29, 1.82) is 0 Å². The summed E-state index contributed by atoms with van der Waals surface area (Å²) in [5.74, 6) is 1.18. The summed E-state index contributed by atoms with van der Waals surface area (Å²) in [6, 6.07) is 5.13. The Bertz CT molecular complexity index is 672. The highest BCUT2D eigenvalue weighted by atomic mass is 16.5. The second kappa shape index (κ2) is 6.30. The zero-order valence-corrected chi connectivity index (χ0v) is 12.3. The molecule has 0 aliphatic heterocycles. The molecule has 1 aromatic heterocycles. The van der Waals surface area contributed by atoms with E-state index >= 15 is 0 Å². The van der Waals surface area contributed by atoms with Crippen molar-refractivity contribution in [1.82, 2.24) is 9.97 Å². The van der Waals surface area contributed by atoms with Gasteiger partial charge >= 0.3 is 0 Å². The first-order valence-electron chi connectivity index (χ1n) is 6.64. The molecule has 0 atom stereocenters. The lowest BCUT2D eigenvalue weighted by atomic mass is 10.1. The highest BCUT2D eigenvalue weighted by molar-refractivity contribution is 5.61. The van der Waals surface area contributed by atoms with E-state index in [1.165, 1.54) is 14.2 Å². The van der Waals surface area contributed by atoms with Crippen LogP contribution in [0.2, 0.25) is 0 Å². The number of methoxy groups -OCH3 is 2. The number of rotatable bonds is 5. The van der Waals surface area contributed by atoms with Crippen LogP contribution in [-0.2, 0) is 6.42 Å². The molecule has 6 heteroatoms. The van der Waals surface area contributed by atoms with Crippen LogP contribution in [0.4, 0.5) is 0 Å². The molecular weight excluding hydrogens is 272 g/mol. The van der Waals surface area contributed by atoms with Gasteiger partial charge in [-0.2, -0.15) is 4.98 Å². The van der Waals surface area contributed by atoms with Crippen LogP contribution in [-0.4, -0.2) is 29.3 Å². The van der Waals surface area contributed by atoms with Gasteiger partial charge in [0.2, 0.25) is 5.88 Å². The molecule has 2 N–H and O–H groups in total. The monoisotopic (exact) mass is 290 g/mol. The average Bonchev–Trinajstić information content (AvgIpc) is 2.50. The lowest BCUT2D eigenvalue weighted by Crippen LogP contribution is -2.15. The van der Waals surface area contributed by atoms with E-state index in [0.29, 0.717) is 29.0 Å². The second-order valence-electron chi connectivity index (χ2n) is 4.57. The highest BCUT2D eigenvalue weighted by Gasteiger charge is 2.12. The Morgan fingerprint density at radius 1 is 1.19 bits per heavy atom. The van der Waals surface area contributed by atoms with E-state index in [1.807, 2.05) is 6.92 Å². The lowest BCUT2D eigenvalue weighted by molar-refractivity contribution is 0.394. The third-order valence-corrected chi connectivity index (χ3v) is 3.12. The Balaban J connectivity index is 2.54. The van der Waals surface area contributed by atoms with Crippen LogP contribution in [0.3, 0.4) is 0 Å². The van der Waals surface area contributed by atoms with Gasteiger partial charge in [0.05, 0.1) is 19.8 Å². The number of ether oxygens (including phenoxy) is 2. The standard InChI is InChI=1S/C15H18N2O4/c1-4-5-12-14(18)16-13(17-15(12)19)9-6-10(20-2)8-11(7-9)21-3/h6-8H,4-5H2,1-3H3,(H2,16,17,18,19). The van der Waals surface area contributed by atoms with Crippen LogP contribution in [0, 0.1) is 0 Å². The molecule has 112 valence electrons. The van der Waals surface area contributed by atoms with Gasteiger partial charge in [-0.3, -0.25) is 4.79 Å². The minimum absolute atomic E-state index is 0.239. The molecule has 0 aliphatic carbocycles. The van der Waals surface area contributed by atoms with Crippen molar-refractivity contribution in [2.45, 2.75) is 19.8 Å². The van der Waals surface area contributed by atoms with Gasteiger partial charge in [-0.25, -0.2) is 0 Å². The molecule has 2 rings (SSSR count). The molecule has 21 heavy (non-hydrogen) atoms. The quantitative estimate of drug-likeness (QED) is 0.881. The summed E-state index contributed by atoms with van der Waals surface area (Å²) < 4.78 is 10.4. The topological polar surface area (TPSA) is 84.4 Å². The van der Waals surface area contributed by atoms with Gasteiger partial charge < -0.3 is 19.6 Å². The SMILES string of the molecule is CCCc1c(O)nc(-c2cc(OC)cc(OC)c2)[nH]c1=O. The smallest absolute Gasteiger partial charge is 0.258 e. The van der Waals surface area contributed by atoms with E-state index in [9.17, 15) is 9.90 Å². The van der Waals surface area contributed by atoms with Crippen LogP contribution in [0.1, 0.15) is 18.9 Å². The minimum Gasteiger partial charge on any atom is -0.497 e. The number of H-pyrrole nitrogens is 1. The van der Waals surface area contributed by atoms with Crippen molar-refractivity contribution >= 4 is 0 Å². The van der Waals surface area contributed by atoms with Gasteiger partial charge in [0.15, 0.2) is 0 Å². The zero-order valence-electron chi connectivity index (χ0n) is 12.3. The van der Waals surface area contributed by atoms with Crippen molar-refractivity contribution in [2.24, 2.45) is 0 Å². The van der Waals surface area contributed by atoms with Gasteiger partial charge in [0, 0.05) is 11.6 Å².